The predicted octanol–water partition coefficient (Wildman–Crippen LogP) is 6.72. The Morgan fingerprint density at radius 1 is 0.467 bits per heavy atom. The van der Waals surface area contributed by atoms with Gasteiger partial charge >= 0.3 is 0 Å². The number of aryl methyl sites for hydroxylation is 2. The van der Waals surface area contributed by atoms with Gasteiger partial charge in [-0.3, -0.25) is 4.79 Å². The summed E-state index contributed by atoms with van der Waals surface area (Å²) in [4.78, 5) is 12.9. The molecule has 0 amide bonds. The van der Waals surface area contributed by atoms with Crippen LogP contribution in [-0.2, 0) is 12.8 Å². The molecule has 0 unspecified atom stereocenters. The van der Waals surface area contributed by atoms with E-state index < -0.39 is 0 Å². The first kappa shape index (κ1) is 19.8. The molecule has 0 radical (unpaired) electrons. The van der Waals surface area contributed by atoms with E-state index in [2.05, 4.69) is 86.6 Å². The van der Waals surface area contributed by atoms with Crippen LogP contribution in [0, 0.1) is 13.8 Å². The summed E-state index contributed by atoms with van der Waals surface area (Å²) in [5.41, 5.74) is 8.98. The van der Waals surface area contributed by atoms with Crippen molar-refractivity contribution in [1.29, 1.82) is 0 Å². The summed E-state index contributed by atoms with van der Waals surface area (Å²) in [6.07, 6.45) is 1.75. The van der Waals surface area contributed by atoms with Crippen LogP contribution in [0.15, 0.2) is 97.1 Å². The molecule has 1 nitrogen and oxygen atoms in total. The maximum absolute atomic E-state index is 12.9. The molecule has 0 saturated carbocycles. The van der Waals surface area contributed by atoms with E-state index in [1.54, 1.807) is 0 Å². The minimum atomic E-state index is 0.0683. The smallest absolute Gasteiger partial charge is 0.193 e. The van der Waals surface area contributed by atoms with Gasteiger partial charge in [0.2, 0.25) is 0 Å². The van der Waals surface area contributed by atoms with Crippen LogP contribution in [0.5, 0.6) is 0 Å². The molecule has 0 aliphatic rings. The highest BCUT2D eigenvalue weighted by Crippen LogP contribution is 2.17. The maximum atomic E-state index is 12.9. The van der Waals surface area contributed by atoms with E-state index in [0.29, 0.717) is 0 Å². The van der Waals surface area contributed by atoms with Crippen molar-refractivity contribution in [2.75, 3.05) is 0 Å². The summed E-state index contributed by atoms with van der Waals surface area (Å²) in [5.74, 6) is 0.0683. The summed E-state index contributed by atoms with van der Waals surface area (Å²) < 4.78 is 0. The molecule has 0 fully saturated rings. The maximum Gasteiger partial charge on any atom is 0.193 e. The Morgan fingerprint density at radius 2 is 0.733 bits per heavy atom. The molecule has 4 aromatic rings. The lowest BCUT2D eigenvalue weighted by molar-refractivity contribution is 0.103. The minimum Gasteiger partial charge on any atom is -0.289 e. The standard InChI is InChI=1S/C29H26O/c1-21-3-7-23(8-4-21)19-25-11-15-27(16-12-25)29(30)28-17-13-26(14-18-28)20-24-9-5-22(2)6-10-24/h3-18H,19-20H2,1-2H3. The van der Waals surface area contributed by atoms with Crippen molar-refractivity contribution in [3.63, 3.8) is 0 Å². The Hall–Kier alpha value is -3.45. The highest BCUT2D eigenvalue weighted by Gasteiger charge is 2.09. The number of carbonyl (C=O) groups is 1. The lowest BCUT2D eigenvalue weighted by atomic mass is 9.97. The van der Waals surface area contributed by atoms with Gasteiger partial charge in [0, 0.05) is 11.1 Å². The summed E-state index contributed by atoms with van der Waals surface area (Å²) in [5, 5.41) is 0. The molecule has 0 saturated heterocycles. The number of hydrogen-bond donors (Lipinski definition) is 0. The lowest BCUT2D eigenvalue weighted by Crippen LogP contribution is -2.02. The first-order valence-corrected chi connectivity index (χ1v) is 10.4. The van der Waals surface area contributed by atoms with Crippen molar-refractivity contribution in [2.24, 2.45) is 0 Å². The highest BCUT2D eigenvalue weighted by atomic mass is 16.1. The van der Waals surface area contributed by atoms with Crippen molar-refractivity contribution < 1.29 is 4.79 Å². The summed E-state index contributed by atoms with van der Waals surface area (Å²) >= 11 is 0. The third-order valence-electron chi connectivity index (χ3n) is 5.49. The van der Waals surface area contributed by atoms with Crippen LogP contribution in [0.25, 0.3) is 0 Å². The van der Waals surface area contributed by atoms with Gasteiger partial charge in [-0.25, -0.2) is 0 Å². The van der Waals surface area contributed by atoms with Gasteiger partial charge in [-0.15, -0.1) is 0 Å². The molecule has 0 aliphatic heterocycles. The Labute approximate surface area is 179 Å². The molecule has 0 atom stereocenters. The molecule has 4 aromatic carbocycles. The Bertz CT molecular complexity index is 1020. The van der Waals surface area contributed by atoms with E-state index in [0.717, 1.165) is 24.0 Å². The molecule has 0 aromatic heterocycles. The largest absolute Gasteiger partial charge is 0.289 e. The molecule has 0 spiro atoms. The van der Waals surface area contributed by atoms with E-state index >= 15 is 0 Å². The average Bonchev–Trinajstić information content (AvgIpc) is 2.77. The van der Waals surface area contributed by atoms with Crippen LogP contribution >= 0.6 is 0 Å². The lowest BCUT2D eigenvalue weighted by Gasteiger charge is -2.07. The molecule has 1 heteroatoms. The number of carbonyl (C=O) groups excluding carboxylic acids is 1. The van der Waals surface area contributed by atoms with E-state index in [9.17, 15) is 4.79 Å². The third-order valence-corrected chi connectivity index (χ3v) is 5.49. The van der Waals surface area contributed by atoms with Crippen LogP contribution in [-0.4, -0.2) is 5.78 Å². The molecule has 0 aliphatic carbocycles. The second-order valence-corrected chi connectivity index (χ2v) is 8.05. The van der Waals surface area contributed by atoms with Gasteiger partial charge in [0.25, 0.3) is 0 Å². The topological polar surface area (TPSA) is 17.1 Å². The monoisotopic (exact) mass is 390 g/mol. The SMILES string of the molecule is Cc1ccc(Cc2ccc(C(=O)c3ccc(Cc4ccc(C)cc4)cc3)cc2)cc1. The van der Waals surface area contributed by atoms with Crippen LogP contribution in [0.2, 0.25) is 0 Å². The van der Waals surface area contributed by atoms with Crippen molar-refractivity contribution in [3.05, 3.63) is 142 Å². The van der Waals surface area contributed by atoms with Crippen molar-refractivity contribution in [1.82, 2.24) is 0 Å². The highest BCUT2D eigenvalue weighted by molar-refractivity contribution is 6.09. The van der Waals surface area contributed by atoms with Gasteiger partial charge in [-0.2, -0.15) is 0 Å². The first-order chi connectivity index (χ1) is 14.6. The summed E-state index contributed by atoms with van der Waals surface area (Å²) in [7, 11) is 0. The predicted molar refractivity (Wildman–Crippen MR) is 124 cm³/mol. The van der Waals surface area contributed by atoms with E-state index in [1.165, 1.54) is 33.4 Å². The van der Waals surface area contributed by atoms with Gasteiger partial charge in [0.05, 0.1) is 0 Å². The summed E-state index contributed by atoms with van der Waals surface area (Å²) in [6, 6.07) is 33.1. The van der Waals surface area contributed by atoms with E-state index in [1.807, 2.05) is 24.3 Å². The fourth-order valence-electron chi connectivity index (χ4n) is 3.60. The van der Waals surface area contributed by atoms with Crippen molar-refractivity contribution in [2.45, 2.75) is 26.7 Å². The summed E-state index contributed by atoms with van der Waals surface area (Å²) in [6.45, 7) is 4.19. The van der Waals surface area contributed by atoms with Crippen molar-refractivity contribution in [3.8, 4) is 0 Å². The number of hydrogen-bond acceptors (Lipinski definition) is 1. The first-order valence-electron chi connectivity index (χ1n) is 10.4. The molecular weight excluding hydrogens is 364 g/mol. The quantitative estimate of drug-likeness (QED) is 0.334. The Kier molecular flexibility index (Phi) is 5.90. The molecule has 0 heterocycles. The fourth-order valence-corrected chi connectivity index (χ4v) is 3.60. The second kappa shape index (κ2) is 8.92. The third kappa shape index (κ3) is 4.93. The second-order valence-electron chi connectivity index (χ2n) is 8.05. The molecule has 30 heavy (non-hydrogen) atoms. The van der Waals surface area contributed by atoms with Crippen LogP contribution < -0.4 is 0 Å². The Balaban J connectivity index is 1.42. The van der Waals surface area contributed by atoms with Gasteiger partial charge in [-0.05, 0) is 48.9 Å². The number of ketones is 1. The fraction of sp³-hybridized carbons (Fsp3) is 0.138. The van der Waals surface area contributed by atoms with Gasteiger partial charge in [0.1, 0.15) is 0 Å². The van der Waals surface area contributed by atoms with Crippen LogP contribution in [0.4, 0.5) is 0 Å². The Morgan fingerprint density at radius 3 is 1.03 bits per heavy atom. The molecule has 0 bridgehead atoms. The van der Waals surface area contributed by atoms with Gasteiger partial charge in [-0.1, -0.05) is 108 Å². The van der Waals surface area contributed by atoms with E-state index in [4.69, 9.17) is 0 Å². The zero-order valence-electron chi connectivity index (χ0n) is 17.6. The van der Waals surface area contributed by atoms with Gasteiger partial charge < -0.3 is 0 Å². The van der Waals surface area contributed by atoms with Crippen LogP contribution in [0.1, 0.15) is 49.3 Å². The number of benzene rings is 4. The van der Waals surface area contributed by atoms with E-state index in [-0.39, 0.29) is 5.78 Å². The molecule has 4 rings (SSSR count). The normalized spacial score (nSPS) is 10.7. The molecule has 0 N–H and O–H groups in total. The molecule has 148 valence electrons. The molecular formula is C29H26O. The zero-order chi connectivity index (χ0) is 20.9. The number of rotatable bonds is 6. The van der Waals surface area contributed by atoms with Crippen molar-refractivity contribution >= 4 is 5.78 Å². The minimum absolute atomic E-state index is 0.0683. The zero-order valence-corrected chi connectivity index (χ0v) is 17.6. The van der Waals surface area contributed by atoms with Crippen LogP contribution in [0.3, 0.4) is 0 Å². The van der Waals surface area contributed by atoms with Gasteiger partial charge in [0.15, 0.2) is 5.78 Å². The average molecular weight is 391 g/mol.